The molecule has 2 aromatic carbocycles. The standard InChI is InChI=1S/C24H26ClFN2O3/c1-3-27(4-2)13-6-14-28-21(17-7-5-8-18(25)15-17)20(23(30)24(28)31)22(29)16-9-11-19(26)12-10-16/h5,7-12,15,21,29H,3-4,6,13-14H2,1-2H3/b22-20+. The van der Waals surface area contributed by atoms with E-state index in [4.69, 9.17) is 11.6 Å². The predicted molar refractivity (Wildman–Crippen MR) is 119 cm³/mol. The van der Waals surface area contributed by atoms with Crippen LogP contribution in [0.15, 0.2) is 54.1 Å². The van der Waals surface area contributed by atoms with E-state index in [0.29, 0.717) is 23.6 Å². The number of halogens is 2. The van der Waals surface area contributed by atoms with Gasteiger partial charge in [-0.05, 0) is 68.0 Å². The molecule has 0 saturated carbocycles. The Morgan fingerprint density at radius 1 is 1.13 bits per heavy atom. The van der Waals surface area contributed by atoms with E-state index in [1.54, 1.807) is 24.3 Å². The number of amides is 1. The van der Waals surface area contributed by atoms with E-state index in [-0.39, 0.29) is 16.9 Å². The summed E-state index contributed by atoms with van der Waals surface area (Å²) in [4.78, 5) is 29.6. The first-order valence-electron chi connectivity index (χ1n) is 10.4. The average molecular weight is 445 g/mol. The lowest BCUT2D eigenvalue weighted by molar-refractivity contribution is -0.140. The van der Waals surface area contributed by atoms with Crippen molar-refractivity contribution in [3.63, 3.8) is 0 Å². The average Bonchev–Trinajstić information content (AvgIpc) is 3.01. The van der Waals surface area contributed by atoms with Gasteiger partial charge in [0, 0.05) is 17.1 Å². The third-order valence-electron chi connectivity index (χ3n) is 5.59. The third-order valence-corrected chi connectivity index (χ3v) is 5.82. The second kappa shape index (κ2) is 10.1. The van der Waals surface area contributed by atoms with Gasteiger partial charge in [0.1, 0.15) is 11.6 Å². The number of benzene rings is 2. The molecule has 3 rings (SSSR count). The molecule has 1 amide bonds. The smallest absolute Gasteiger partial charge is 0.295 e. The summed E-state index contributed by atoms with van der Waals surface area (Å²) >= 11 is 6.17. The summed E-state index contributed by atoms with van der Waals surface area (Å²) in [6.07, 6.45) is 0.683. The lowest BCUT2D eigenvalue weighted by Gasteiger charge is -2.27. The van der Waals surface area contributed by atoms with Crippen LogP contribution in [0.3, 0.4) is 0 Å². The molecule has 1 heterocycles. The Hall–Kier alpha value is -2.70. The van der Waals surface area contributed by atoms with Gasteiger partial charge in [-0.1, -0.05) is 37.6 Å². The van der Waals surface area contributed by atoms with E-state index in [2.05, 4.69) is 18.7 Å². The molecule has 0 aromatic heterocycles. The SMILES string of the molecule is CCN(CC)CCCN1C(=O)C(=O)/C(=C(/O)c2ccc(F)cc2)C1c1cccc(Cl)c1. The van der Waals surface area contributed by atoms with Crippen molar-refractivity contribution < 1.29 is 19.1 Å². The van der Waals surface area contributed by atoms with Crippen LogP contribution in [0.4, 0.5) is 4.39 Å². The van der Waals surface area contributed by atoms with Gasteiger partial charge in [-0.2, -0.15) is 0 Å². The Morgan fingerprint density at radius 2 is 1.81 bits per heavy atom. The summed E-state index contributed by atoms with van der Waals surface area (Å²) in [6.45, 7) is 7.10. The molecule has 1 saturated heterocycles. The van der Waals surface area contributed by atoms with Crippen LogP contribution in [0, 0.1) is 5.82 Å². The summed E-state index contributed by atoms with van der Waals surface area (Å²) in [6, 6.07) is 11.3. The first-order chi connectivity index (χ1) is 14.9. The number of ketones is 1. The zero-order valence-corrected chi connectivity index (χ0v) is 18.4. The minimum Gasteiger partial charge on any atom is -0.507 e. The molecule has 164 valence electrons. The number of rotatable bonds is 8. The maximum Gasteiger partial charge on any atom is 0.295 e. The fourth-order valence-corrected chi connectivity index (χ4v) is 4.10. The van der Waals surface area contributed by atoms with Crippen molar-refractivity contribution in [2.45, 2.75) is 26.3 Å². The Morgan fingerprint density at radius 3 is 2.42 bits per heavy atom. The number of hydrogen-bond acceptors (Lipinski definition) is 4. The number of nitrogens with zero attached hydrogens (tertiary/aromatic N) is 2. The third kappa shape index (κ3) is 4.97. The first kappa shape index (κ1) is 23.0. The summed E-state index contributed by atoms with van der Waals surface area (Å²) in [5, 5.41) is 11.4. The van der Waals surface area contributed by atoms with E-state index in [1.165, 1.54) is 29.2 Å². The molecular weight excluding hydrogens is 419 g/mol. The minimum atomic E-state index is -0.763. The first-order valence-corrected chi connectivity index (χ1v) is 10.8. The number of carbonyl (C=O) groups is 2. The quantitative estimate of drug-likeness (QED) is 0.366. The molecular formula is C24H26ClFN2O3. The van der Waals surface area contributed by atoms with Gasteiger partial charge in [0.15, 0.2) is 0 Å². The highest BCUT2D eigenvalue weighted by atomic mass is 35.5. The van der Waals surface area contributed by atoms with Crippen molar-refractivity contribution in [2.24, 2.45) is 0 Å². The highest BCUT2D eigenvalue weighted by Gasteiger charge is 2.45. The van der Waals surface area contributed by atoms with Crippen LogP contribution in [0.2, 0.25) is 5.02 Å². The molecule has 1 unspecified atom stereocenters. The van der Waals surface area contributed by atoms with E-state index in [1.807, 2.05) is 0 Å². The molecule has 1 atom stereocenters. The molecule has 0 radical (unpaired) electrons. The van der Waals surface area contributed by atoms with Crippen LogP contribution in [-0.4, -0.2) is 52.8 Å². The van der Waals surface area contributed by atoms with Gasteiger partial charge in [0.2, 0.25) is 0 Å². The highest BCUT2D eigenvalue weighted by Crippen LogP contribution is 2.40. The maximum absolute atomic E-state index is 13.3. The second-order valence-electron chi connectivity index (χ2n) is 7.43. The number of likely N-dealkylation sites (tertiary alicyclic amines) is 1. The topological polar surface area (TPSA) is 60.9 Å². The van der Waals surface area contributed by atoms with Gasteiger partial charge in [-0.15, -0.1) is 0 Å². The van der Waals surface area contributed by atoms with Crippen LogP contribution in [0.1, 0.15) is 37.4 Å². The zero-order chi connectivity index (χ0) is 22.5. The van der Waals surface area contributed by atoms with Crippen molar-refractivity contribution in [2.75, 3.05) is 26.2 Å². The van der Waals surface area contributed by atoms with E-state index in [0.717, 1.165) is 19.6 Å². The molecule has 0 aliphatic carbocycles. The molecule has 1 N–H and O–H groups in total. The van der Waals surface area contributed by atoms with E-state index in [9.17, 15) is 19.1 Å². The van der Waals surface area contributed by atoms with Gasteiger partial charge in [-0.3, -0.25) is 9.59 Å². The number of carbonyl (C=O) groups excluding carboxylic acids is 2. The Kier molecular flexibility index (Phi) is 7.46. The van der Waals surface area contributed by atoms with E-state index < -0.39 is 23.5 Å². The fourth-order valence-electron chi connectivity index (χ4n) is 3.90. The number of aliphatic hydroxyl groups is 1. The predicted octanol–water partition coefficient (Wildman–Crippen LogP) is 4.63. The molecule has 0 spiro atoms. The lowest BCUT2D eigenvalue weighted by atomic mass is 9.95. The number of Topliss-reactive ketones (excluding diaryl/α,β-unsaturated/α-hetero) is 1. The van der Waals surface area contributed by atoms with Gasteiger partial charge in [0.25, 0.3) is 11.7 Å². The highest BCUT2D eigenvalue weighted by molar-refractivity contribution is 6.46. The summed E-state index contributed by atoms with van der Waals surface area (Å²) in [5.41, 5.74) is 0.898. The largest absolute Gasteiger partial charge is 0.507 e. The normalized spacial score (nSPS) is 18.2. The van der Waals surface area contributed by atoms with Gasteiger partial charge in [-0.25, -0.2) is 4.39 Å². The fraction of sp³-hybridized carbons (Fsp3) is 0.333. The molecule has 31 heavy (non-hydrogen) atoms. The van der Waals surface area contributed by atoms with Gasteiger partial charge < -0.3 is 14.9 Å². The summed E-state index contributed by atoms with van der Waals surface area (Å²) in [5.74, 6) is -2.20. The molecule has 7 heteroatoms. The number of hydrogen-bond donors (Lipinski definition) is 1. The maximum atomic E-state index is 13.3. The Labute approximate surface area is 186 Å². The monoisotopic (exact) mass is 444 g/mol. The van der Waals surface area contributed by atoms with Crippen LogP contribution < -0.4 is 0 Å². The minimum absolute atomic E-state index is 0.0123. The van der Waals surface area contributed by atoms with Crippen LogP contribution in [-0.2, 0) is 9.59 Å². The molecule has 0 bridgehead atoms. The van der Waals surface area contributed by atoms with E-state index >= 15 is 0 Å². The number of aliphatic hydroxyl groups excluding tert-OH is 1. The summed E-state index contributed by atoms with van der Waals surface area (Å²) in [7, 11) is 0. The molecule has 1 fully saturated rings. The van der Waals surface area contributed by atoms with Crippen molar-refractivity contribution in [3.05, 3.63) is 76.1 Å². The van der Waals surface area contributed by atoms with Crippen LogP contribution >= 0.6 is 11.6 Å². The van der Waals surface area contributed by atoms with Crippen molar-refractivity contribution >= 4 is 29.1 Å². The van der Waals surface area contributed by atoms with Gasteiger partial charge >= 0.3 is 0 Å². The van der Waals surface area contributed by atoms with Crippen LogP contribution in [0.5, 0.6) is 0 Å². The van der Waals surface area contributed by atoms with Crippen molar-refractivity contribution in [1.82, 2.24) is 9.80 Å². The molecule has 1 aliphatic heterocycles. The van der Waals surface area contributed by atoms with Crippen molar-refractivity contribution in [3.8, 4) is 0 Å². The summed E-state index contributed by atoms with van der Waals surface area (Å²) < 4.78 is 13.3. The second-order valence-corrected chi connectivity index (χ2v) is 7.87. The molecule has 5 nitrogen and oxygen atoms in total. The Bertz CT molecular complexity index is 987. The Balaban J connectivity index is 2.02. The zero-order valence-electron chi connectivity index (χ0n) is 17.6. The van der Waals surface area contributed by atoms with Gasteiger partial charge in [0.05, 0.1) is 11.6 Å². The van der Waals surface area contributed by atoms with Crippen LogP contribution in [0.25, 0.3) is 5.76 Å². The van der Waals surface area contributed by atoms with Crippen molar-refractivity contribution in [1.29, 1.82) is 0 Å². The molecule has 1 aliphatic rings. The lowest BCUT2D eigenvalue weighted by Crippen LogP contribution is -2.33. The molecule has 2 aromatic rings.